The van der Waals surface area contributed by atoms with Crippen molar-refractivity contribution in [3.05, 3.63) is 57.6 Å². The Labute approximate surface area is 147 Å². The highest BCUT2D eigenvalue weighted by atomic mass is 16.5. The van der Waals surface area contributed by atoms with Gasteiger partial charge in [-0.05, 0) is 24.8 Å². The summed E-state index contributed by atoms with van der Waals surface area (Å²) in [5.41, 5.74) is 5.26. The third-order valence-electron chi connectivity index (χ3n) is 5.00. The summed E-state index contributed by atoms with van der Waals surface area (Å²) < 4.78 is 5.73. The molecule has 25 heavy (non-hydrogen) atoms. The maximum Gasteiger partial charge on any atom is 0.257 e. The van der Waals surface area contributed by atoms with E-state index >= 15 is 0 Å². The lowest BCUT2D eigenvalue weighted by atomic mass is 10.2. The molecule has 1 aliphatic carbocycles. The number of aromatic nitrogens is 2. The number of nitrogens with one attached hydrogen (secondary N) is 2. The molecule has 0 amide bonds. The van der Waals surface area contributed by atoms with Crippen LogP contribution in [0.1, 0.15) is 42.6 Å². The molecule has 4 rings (SSSR count). The Hall–Kier alpha value is -2.18. The van der Waals surface area contributed by atoms with Crippen molar-refractivity contribution in [2.45, 2.75) is 51.3 Å². The van der Waals surface area contributed by atoms with Crippen LogP contribution in [-0.4, -0.2) is 22.6 Å². The van der Waals surface area contributed by atoms with Crippen molar-refractivity contribution in [2.24, 2.45) is 0 Å². The summed E-state index contributed by atoms with van der Waals surface area (Å²) in [4.78, 5) is 19.9. The molecule has 0 unspecified atom stereocenters. The number of benzene rings is 1. The van der Waals surface area contributed by atoms with Gasteiger partial charge in [0.1, 0.15) is 12.4 Å². The molecule has 1 saturated carbocycles. The van der Waals surface area contributed by atoms with Crippen LogP contribution < -0.4 is 16.0 Å². The van der Waals surface area contributed by atoms with Crippen LogP contribution in [0.4, 0.5) is 5.82 Å². The van der Waals surface area contributed by atoms with E-state index < -0.39 is 0 Å². The van der Waals surface area contributed by atoms with Crippen LogP contribution in [0.3, 0.4) is 0 Å². The molecular weight excluding hydrogens is 316 g/mol. The maximum absolute atomic E-state index is 12.3. The van der Waals surface area contributed by atoms with E-state index in [0.717, 1.165) is 30.6 Å². The van der Waals surface area contributed by atoms with Gasteiger partial charge >= 0.3 is 0 Å². The predicted octanol–water partition coefficient (Wildman–Crippen LogP) is 2.30. The monoisotopic (exact) mass is 340 g/mol. The van der Waals surface area contributed by atoms with E-state index in [1.54, 1.807) is 0 Å². The molecule has 1 aromatic carbocycles. The van der Waals surface area contributed by atoms with Gasteiger partial charge in [0, 0.05) is 12.6 Å². The molecule has 2 heterocycles. The van der Waals surface area contributed by atoms with Gasteiger partial charge in [-0.1, -0.05) is 43.2 Å². The summed E-state index contributed by atoms with van der Waals surface area (Å²) in [6, 6.07) is 10.7. The number of hydrogen-bond acceptors (Lipinski definition) is 5. The summed E-state index contributed by atoms with van der Waals surface area (Å²) in [5, 5.41) is 2.10. The highest BCUT2D eigenvalue weighted by molar-refractivity contribution is 5.50. The predicted molar refractivity (Wildman–Crippen MR) is 96.2 cm³/mol. The number of ether oxygens (including phenoxy) is 1. The quantitative estimate of drug-likeness (QED) is 0.790. The Morgan fingerprint density at radius 3 is 2.80 bits per heavy atom. The number of nitrogens with zero attached hydrogens (tertiary/aromatic N) is 2. The summed E-state index contributed by atoms with van der Waals surface area (Å²) in [7, 11) is 0. The zero-order valence-electron chi connectivity index (χ0n) is 14.3. The number of hydrazine groups is 1. The van der Waals surface area contributed by atoms with Crippen LogP contribution in [0.15, 0.2) is 35.1 Å². The molecule has 2 aliphatic rings. The number of aromatic amines is 1. The average Bonchev–Trinajstić information content (AvgIpc) is 3.29. The molecule has 2 aromatic rings. The van der Waals surface area contributed by atoms with Gasteiger partial charge in [-0.15, -0.1) is 0 Å². The van der Waals surface area contributed by atoms with Crippen LogP contribution >= 0.6 is 0 Å². The normalized spacial score (nSPS) is 17.2. The number of fused-ring (bicyclic) bond motifs is 1. The SMILES string of the molecule is O=c1[nH]c(COCCc2ccccc2)nc2c1CNN2C1CCCC1. The lowest BCUT2D eigenvalue weighted by molar-refractivity contribution is 0.118. The summed E-state index contributed by atoms with van der Waals surface area (Å²) in [6.07, 6.45) is 5.66. The second-order valence-corrected chi connectivity index (χ2v) is 6.75. The number of hydrogen-bond donors (Lipinski definition) is 2. The fraction of sp³-hybridized carbons (Fsp3) is 0.474. The molecule has 6 nitrogen and oxygen atoms in total. The maximum atomic E-state index is 12.3. The third kappa shape index (κ3) is 3.60. The fourth-order valence-corrected chi connectivity index (χ4v) is 3.67. The van der Waals surface area contributed by atoms with Crippen molar-refractivity contribution < 1.29 is 4.74 Å². The van der Waals surface area contributed by atoms with Gasteiger partial charge in [0.25, 0.3) is 5.56 Å². The van der Waals surface area contributed by atoms with E-state index in [9.17, 15) is 4.79 Å². The Morgan fingerprint density at radius 2 is 2.00 bits per heavy atom. The van der Waals surface area contributed by atoms with Crippen molar-refractivity contribution in [2.75, 3.05) is 11.6 Å². The van der Waals surface area contributed by atoms with Crippen LogP contribution in [0, 0.1) is 0 Å². The first-order chi connectivity index (χ1) is 12.3. The van der Waals surface area contributed by atoms with E-state index in [1.807, 2.05) is 18.2 Å². The van der Waals surface area contributed by atoms with Crippen molar-refractivity contribution in [3.8, 4) is 0 Å². The molecule has 0 saturated heterocycles. The van der Waals surface area contributed by atoms with E-state index in [-0.39, 0.29) is 5.56 Å². The fourth-order valence-electron chi connectivity index (χ4n) is 3.67. The molecule has 0 atom stereocenters. The zero-order valence-corrected chi connectivity index (χ0v) is 14.3. The molecule has 6 heteroatoms. The van der Waals surface area contributed by atoms with Gasteiger partial charge in [-0.25, -0.2) is 10.4 Å². The van der Waals surface area contributed by atoms with Gasteiger partial charge in [-0.2, -0.15) is 0 Å². The lowest BCUT2D eigenvalue weighted by Gasteiger charge is -2.25. The van der Waals surface area contributed by atoms with E-state index in [4.69, 9.17) is 4.74 Å². The summed E-state index contributed by atoms with van der Waals surface area (Å²) in [6.45, 7) is 1.49. The zero-order chi connectivity index (χ0) is 17.1. The number of H-pyrrole nitrogens is 1. The Balaban J connectivity index is 1.40. The van der Waals surface area contributed by atoms with Gasteiger partial charge in [-0.3, -0.25) is 9.80 Å². The van der Waals surface area contributed by atoms with Gasteiger partial charge in [0.2, 0.25) is 0 Å². The number of rotatable bonds is 6. The van der Waals surface area contributed by atoms with Crippen molar-refractivity contribution >= 4 is 5.82 Å². The minimum absolute atomic E-state index is 0.0559. The topological polar surface area (TPSA) is 70.2 Å². The molecule has 1 aromatic heterocycles. The van der Waals surface area contributed by atoms with Crippen LogP contribution in [0.5, 0.6) is 0 Å². The summed E-state index contributed by atoms with van der Waals surface area (Å²) >= 11 is 0. The number of anilines is 1. The highest BCUT2D eigenvalue weighted by Gasteiger charge is 2.31. The third-order valence-corrected chi connectivity index (χ3v) is 5.00. The van der Waals surface area contributed by atoms with Gasteiger partial charge in [0.05, 0.1) is 12.2 Å². The molecule has 0 radical (unpaired) electrons. The molecule has 2 N–H and O–H groups in total. The minimum Gasteiger partial charge on any atom is -0.373 e. The standard InChI is InChI=1S/C19H24N4O2/c24-19-16-12-20-23(15-8-4-5-9-15)18(16)21-17(22-19)13-25-11-10-14-6-2-1-3-7-14/h1-3,6-7,15,20H,4-5,8-13H2,(H,21,22,24). The first kappa shape index (κ1) is 16.3. The Kier molecular flexibility index (Phi) is 4.81. The lowest BCUT2D eigenvalue weighted by Crippen LogP contribution is -2.40. The van der Waals surface area contributed by atoms with Crippen LogP contribution in [0.2, 0.25) is 0 Å². The van der Waals surface area contributed by atoms with E-state index in [2.05, 4.69) is 32.5 Å². The molecule has 0 bridgehead atoms. The van der Waals surface area contributed by atoms with Crippen LogP contribution in [0.25, 0.3) is 0 Å². The summed E-state index contributed by atoms with van der Waals surface area (Å²) in [5.74, 6) is 1.39. The van der Waals surface area contributed by atoms with Crippen molar-refractivity contribution in [1.29, 1.82) is 0 Å². The average molecular weight is 340 g/mol. The molecule has 0 spiro atoms. The second-order valence-electron chi connectivity index (χ2n) is 6.75. The minimum atomic E-state index is -0.0559. The largest absolute Gasteiger partial charge is 0.373 e. The first-order valence-corrected chi connectivity index (χ1v) is 9.08. The van der Waals surface area contributed by atoms with Gasteiger partial charge in [0.15, 0.2) is 5.82 Å². The smallest absolute Gasteiger partial charge is 0.257 e. The van der Waals surface area contributed by atoms with E-state index in [1.165, 1.54) is 18.4 Å². The second kappa shape index (κ2) is 7.37. The Bertz CT molecular complexity index is 769. The van der Waals surface area contributed by atoms with Crippen LogP contribution in [-0.2, 0) is 24.3 Å². The Morgan fingerprint density at radius 1 is 1.20 bits per heavy atom. The first-order valence-electron chi connectivity index (χ1n) is 9.08. The molecular formula is C19H24N4O2. The van der Waals surface area contributed by atoms with E-state index in [0.29, 0.717) is 31.6 Å². The molecule has 132 valence electrons. The molecule has 1 fully saturated rings. The molecule has 1 aliphatic heterocycles. The highest BCUT2D eigenvalue weighted by Crippen LogP contribution is 2.29. The van der Waals surface area contributed by atoms with Crippen molar-refractivity contribution in [1.82, 2.24) is 15.4 Å². The van der Waals surface area contributed by atoms with Gasteiger partial charge < -0.3 is 9.72 Å². The van der Waals surface area contributed by atoms with Crippen molar-refractivity contribution in [3.63, 3.8) is 0 Å².